The lowest BCUT2D eigenvalue weighted by molar-refractivity contribution is -0.133. The Balaban J connectivity index is 1.65. The number of hydrogen-bond donors (Lipinski definition) is 2. The number of amides is 3. The number of likely N-dealkylation sites (N-methyl/N-ethyl adjacent to an activating group) is 1. The fourth-order valence-corrected chi connectivity index (χ4v) is 3.07. The Labute approximate surface area is 154 Å². The van der Waals surface area contributed by atoms with Gasteiger partial charge in [-0.2, -0.15) is 5.10 Å². The van der Waals surface area contributed by atoms with E-state index in [0.717, 1.165) is 32.4 Å². The van der Waals surface area contributed by atoms with Gasteiger partial charge in [-0.05, 0) is 25.8 Å². The standard InChI is InChI=1S/C17H30N6O3/c1-21(2)16(24)15-6-4-8-22(15)9-5-7-18-17(25)20-14-12-19-23(13-14)10-11-26-3/h12-13,15H,4-11H2,1-3H3,(H2,18,20,25)/t15-/m1/s1. The molecule has 1 saturated heterocycles. The average molecular weight is 366 g/mol. The summed E-state index contributed by atoms with van der Waals surface area (Å²) in [7, 11) is 5.22. The number of methoxy groups -OCH3 is 1. The van der Waals surface area contributed by atoms with Crippen LogP contribution in [0.4, 0.5) is 10.5 Å². The number of urea groups is 1. The first-order chi connectivity index (χ1) is 12.5. The normalized spacial score (nSPS) is 17.3. The molecule has 1 atom stereocenters. The van der Waals surface area contributed by atoms with Crippen LogP contribution in [0, 0.1) is 0 Å². The largest absolute Gasteiger partial charge is 0.383 e. The molecule has 1 aliphatic rings. The van der Waals surface area contributed by atoms with E-state index in [0.29, 0.717) is 25.4 Å². The SMILES string of the molecule is COCCn1cc(NC(=O)NCCCN2CCC[C@@H]2C(=O)N(C)C)cn1. The van der Waals surface area contributed by atoms with Gasteiger partial charge in [0.1, 0.15) is 0 Å². The smallest absolute Gasteiger partial charge is 0.319 e. The van der Waals surface area contributed by atoms with Gasteiger partial charge in [-0.1, -0.05) is 0 Å². The summed E-state index contributed by atoms with van der Waals surface area (Å²) in [6.45, 7) is 3.52. The van der Waals surface area contributed by atoms with Crippen LogP contribution in [-0.2, 0) is 16.1 Å². The minimum atomic E-state index is -0.251. The van der Waals surface area contributed by atoms with E-state index in [-0.39, 0.29) is 18.0 Å². The van der Waals surface area contributed by atoms with Crippen LogP contribution in [0.15, 0.2) is 12.4 Å². The molecule has 9 nitrogen and oxygen atoms in total. The number of likely N-dealkylation sites (tertiary alicyclic amines) is 1. The number of anilines is 1. The monoisotopic (exact) mass is 366 g/mol. The molecule has 2 N–H and O–H groups in total. The van der Waals surface area contributed by atoms with Gasteiger partial charge in [-0.3, -0.25) is 14.4 Å². The van der Waals surface area contributed by atoms with Crippen molar-refractivity contribution in [3.63, 3.8) is 0 Å². The Bertz CT molecular complexity index is 589. The molecule has 146 valence electrons. The maximum Gasteiger partial charge on any atom is 0.319 e. The van der Waals surface area contributed by atoms with Gasteiger partial charge in [0.25, 0.3) is 0 Å². The van der Waals surface area contributed by atoms with Crippen LogP contribution < -0.4 is 10.6 Å². The van der Waals surface area contributed by atoms with Crippen molar-refractivity contribution in [3.05, 3.63) is 12.4 Å². The lowest BCUT2D eigenvalue weighted by atomic mass is 10.2. The average Bonchev–Trinajstić information content (AvgIpc) is 3.25. The van der Waals surface area contributed by atoms with E-state index in [9.17, 15) is 9.59 Å². The first kappa shape index (κ1) is 20.2. The molecule has 0 spiro atoms. The van der Waals surface area contributed by atoms with Crippen molar-refractivity contribution in [1.29, 1.82) is 0 Å². The molecule has 0 aromatic carbocycles. The minimum absolute atomic E-state index is 0.0169. The van der Waals surface area contributed by atoms with Crippen molar-refractivity contribution >= 4 is 17.6 Å². The third kappa shape index (κ3) is 5.99. The zero-order chi connectivity index (χ0) is 18.9. The maximum atomic E-state index is 12.2. The van der Waals surface area contributed by atoms with E-state index in [1.807, 2.05) is 0 Å². The van der Waals surface area contributed by atoms with E-state index >= 15 is 0 Å². The van der Waals surface area contributed by atoms with Crippen LogP contribution in [0.3, 0.4) is 0 Å². The van der Waals surface area contributed by atoms with Crippen LogP contribution in [0.5, 0.6) is 0 Å². The number of carbonyl (C=O) groups is 2. The number of rotatable bonds is 9. The lowest BCUT2D eigenvalue weighted by Crippen LogP contribution is -2.43. The predicted octanol–water partition coefficient (Wildman–Crippen LogP) is 0.594. The summed E-state index contributed by atoms with van der Waals surface area (Å²) in [5, 5.41) is 9.75. The molecule has 2 heterocycles. The quantitative estimate of drug-likeness (QED) is 0.624. The summed E-state index contributed by atoms with van der Waals surface area (Å²) in [6.07, 6.45) is 6.14. The van der Waals surface area contributed by atoms with Gasteiger partial charge in [0.2, 0.25) is 5.91 Å². The second kappa shape index (κ2) is 10.1. The molecule has 0 unspecified atom stereocenters. The van der Waals surface area contributed by atoms with Crippen LogP contribution in [0.2, 0.25) is 0 Å². The highest BCUT2D eigenvalue weighted by Crippen LogP contribution is 2.18. The maximum absolute atomic E-state index is 12.2. The zero-order valence-electron chi connectivity index (χ0n) is 15.9. The van der Waals surface area contributed by atoms with Crippen molar-refractivity contribution in [2.45, 2.75) is 31.8 Å². The van der Waals surface area contributed by atoms with E-state index in [4.69, 9.17) is 4.74 Å². The summed E-state index contributed by atoms with van der Waals surface area (Å²) >= 11 is 0. The third-order valence-electron chi connectivity index (χ3n) is 4.41. The summed E-state index contributed by atoms with van der Waals surface area (Å²) in [5.74, 6) is 0.165. The third-order valence-corrected chi connectivity index (χ3v) is 4.41. The summed E-state index contributed by atoms with van der Waals surface area (Å²) < 4.78 is 6.71. The molecule has 0 radical (unpaired) electrons. The number of nitrogens with zero attached hydrogens (tertiary/aromatic N) is 4. The molecular weight excluding hydrogens is 336 g/mol. The topological polar surface area (TPSA) is 91.7 Å². The Hall–Kier alpha value is -2.13. The van der Waals surface area contributed by atoms with Gasteiger partial charge < -0.3 is 20.3 Å². The van der Waals surface area contributed by atoms with Crippen LogP contribution in [-0.4, -0.2) is 85.0 Å². The minimum Gasteiger partial charge on any atom is -0.383 e. The van der Waals surface area contributed by atoms with E-state index in [1.54, 1.807) is 43.2 Å². The van der Waals surface area contributed by atoms with Gasteiger partial charge in [-0.25, -0.2) is 4.79 Å². The van der Waals surface area contributed by atoms with Crippen molar-refractivity contribution in [2.24, 2.45) is 0 Å². The van der Waals surface area contributed by atoms with E-state index in [2.05, 4.69) is 20.6 Å². The summed E-state index contributed by atoms with van der Waals surface area (Å²) in [6, 6.07) is -0.268. The second-order valence-electron chi connectivity index (χ2n) is 6.65. The predicted molar refractivity (Wildman–Crippen MR) is 99.0 cm³/mol. The van der Waals surface area contributed by atoms with Gasteiger partial charge in [0, 0.05) is 40.5 Å². The van der Waals surface area contributed by atoms with Crippen molar-refractivity contribution < 1.29 is 14.3 Å². The number of ether oxygens (including phenoxy) is 1. The van der Waals surface area contributed by atoms with Gasteiger partial charge in [0.05, 0.1) is 31.1 Å². The first-order valence-electron chi connectivity index (χ1n) is 9.02. The molecule has 0 bridgehead atoms. The summed E-state index contributed by atoms with van der Waals surface area (Å²) in [4.78, 5) is 28.0. The molecule has 1 aliphatic heterocycles. The molecule has 1 fully saturated rings. The van der Waals surface area contributed by atoms with Gasteiger partial charge in [0.15, 0.2) is 0 Å². The molecule has 3 amide bonds. The highest BCUT2D eigenvalue weighted by Gasteiger charge is 2.30. The fraction of sp³-hybridized carbons (Fsp3) is 0.706. The van der Waals surface area contributed by atoms with E-state index < -0.39 is 0 Å². The van der Waals surface area contributed by atoms with E-state index in [1.165, 1.54) is 0 Å². The van der Waals surface area contributed by atoms with Crippen LogP contribution in [0.1, 0.15) is 19.3 Å². The van der Waals surface area contributed by atoms with Crippen LogP contribution in [0.25, 0.3) is 0 Å². The van der Waals surface area contributed by atoms with Crippen molar-refractivity contribution in [3.8, 4) is 0 Å². The molecule has 1 aromatic heterocycles. The zero-order valence-corrected chi connectivity index (χ0v) is 15.9. The summed E-state index contributed by atoms with van der Waals surface area (Å²) in [5.41, 5.74) is 0.648. The fourth-order valence-electron chi connectivity index (χ4n) is 3.07. The Morgan fingerprint density at radius 2 is 2.19 bits per heavy atom. The molecule has 9 heteroatoms. The first-order valence-corrected chi connectivity index (χ1v) is 9.02. The highest BCUT2D eigenvalue weighted by molar-refractivity contribution is 5.88. The number of hydrogen-bond acceptors (Lipinski definition) is 5. The number of aromatic nitrogens is 2. The molecule has 1 aromatic rings. The van der Waals surface area contributed by atoms with Gasteiger partial charge in [-0.15, -0.1) is 0 Å². The molecule has 0 saturated carbocycles. The second-order valence-corrected chi connectivity index (χ2v) is 6.65. The lowest BCUT2D eigenvalue weighted by Gasteiger charge is -2.26. The number of carbonyl (C=O) groups excluding carboxylic acids is 2. The molecule has 0 aliphatic carbocycles. The van der Waals surface area contributed by atoms with Gasteiger partial charge >= 0.3 is 6.03 Å². The number of nitrogens with one attached hydrogen (secondary N) is 2. The van der Waals surface area contributed by atoms with Crippen LogP contribution >= 0.6 is 0 Å². The Morgan fingerprint density at radius 3 is 2.92 bits per heavy atom. The van der Waals surface area contributed by atoms with Crippen molar-refractivity contribution in [1.82, 2.24) is 24.9 Å². The van der Waals surface area contributed by atoms with Crippen molar-refractivity contribution in [2.75, 3.05) is 52.8 Å². The highest BCUT2D eigenvalue weighted by atomic mass is 16.5. The molecule has 2 rings (SSSR count). The Morgan fingerprint density at radius 1 is 1.38 bits per heavy atom. The Kier molecular flexibility index (Phi) is 7.86. The molecular formula is C17H30N6O3. The molecule has 26 heavy (non-hydrogen) atoms.